The van der Waals surface area contributed by atoms with Crippen molar-refractivity contribution in [1.29, 1.82) is 0 Å². The van der Waals surface area contributed by atoms with Gasteiger partial charge in [-0.3, -0.25) is 0 Å². The number of aliphatic hydroxyl groups excluding tert-OH is 1. The number of likely N-dealkylation sites (N-methyl/N-ethyl adjacent to an activating group) is 1. The van der Waals surface area contributed by atoms with Gasteiger partial charge in [0.25, 0.3) is 0 Å². The standard InChI is InChI=1S/C5H14NO.2ClH/c1-6(2,3)4-5-7;;/h7H,4-5H2,1-3H3;2*1H/q+1;;/p-1. The maximum absolute atomic E-state index is 8.39. The molecule has 0 aromatic carbocycles. The molecule has 0 fully saturated rings. The zero-order valence-corrected chi connectivity index (χ0v) is 7.67. The summed E-state index contributed by atoms with van der Waals surface area (Å²) >= 11 is 0. The number of nitrogens with zero attached hydrogens (tertiary/aromatic N) is 1. The van der Waals surface area contributed by atoms with Crippen LogP contribution in [0.1, 0.15) is 0 Å². The van der Waals surface area contributed by atoms with Crippen LogP contribution < -0.4 is 12.4 Å². The second-order valence-corrected chi connectivity index (χ2v) is 2.74. The summed E-state index contributed by atoms with van der Waals surface area (Å²) in [4.78, 5) is 0. The molecule has 0 aliphatic rings. The second-order valence-electron chi connectivity index (χ2n) is 2.74. The van der Waals surface area contributed by atoms with Gasteiger partial charge >= 0.3 is 0 Å². The lowest BCUT2D eigenvalue weighted by molar-refractivity contribution is -0.870. The molecular formula is C5H15Cl2NO. The van der Waals surface area contributed by atoms with Crippen molar-refractivity contribution in [1.82, 2.24) is 0 Å². The number of rotatable bonds is 2. The minimum Gasteiger partial charge on any atom is -1.00 e. The van der Waals surface area contributed by atoms with Gasteiger partial charge in [-0.1, -0.05) is 0 Å². The predicted octanol–water partition coefficient (Wildman–Crippen LogP) is -2.89. The van der Waals surface area contributed by atoms with E-state index in [2.05, 4.69) is 21.1 Å². The van der Waals surface area contributed by atoms with E-state index in [0.29, 0.717) is 0 Å². The Morgan fingerprint density at radius 3 is 1.56 bits per heavy atom. The lowest BCUT2D eigenvalue weighted by atomic mass is 10.5. The van der Waals surface area contributed by atoms with E-state index in [4.69, 9.17) is 5.11 Å². The summed E-state index contributed by atoms with van der Waals surface area (Å²) in [5, 5.41) is 8.39. The molecule has 0 spiro atoms. The Hall–Kier alpha value is 0.500. The molecule has 4 heteroatoms. The summed E-state index contributed by atoms with van der Waals surface area (Å²) in [5.74, 6) is 0. The van der Waals surface area contributed by atoms with Gasteiger partial charge < -0.3 is 22.0 Å². The summed E-state index contributed by atoms with van der Waals surface area (Å²) in [7, 11) is 6.16. The van der Waals surface area contributed by atoms with Crippen LogP contribution in [0.25, 0.3) is 0 Å². The first kappa shape index (κ1) is 16.2. The van der Waals surface area contributed by atoms with Crippen LogP contribution in [0, 0.1) is 0 Å². The third kappa shape index (κ3) is 17.7. The Labute approximate surface area is 69.3 Å². The fraction of sp³-hybridized carbons (Fsp3) is 1.00. The smallest absolute Gasteiger partial charge is 0.101 e. The second kappa shape index (κ2) is 6.62. The van der Waals surface area contributed by atoms with Gasteiger partial charge in [-0.25, -0.2) is 0 Å². The molecule has 0 aliphatic heterocycles. The van der Waals surface area contributed by atoms with Crippen LogP contribution >= 0.6 is 12.4 Å². The molecule has 0 radical (unpaired) electrons. The summed E-state index contributed by atoms with van der Waals surface area (Å²) in [5.41, 5.74) is 0. The van der Waals surface area contributed by atoms with Crippen molar-refractivity contribution in [2.24, 2.45) is 0 Å². The maximum atomic E-state index is 8.39. The number of aliphatic hydroxyl groups is 1. The van der Waals surface area contributed by atoms with Crippen LogP contribution in [0.2, 0.25) is 0 Å². The highest BCUT2D eigenvalue weighted by atomic mass is 35.5. The average Bonchev–Trinajstić information content (AvgIpc) is 1.30. The van der Waals surface area contributed by atoms with Crippen molar-refractivity contribution in [3.8, 4) is 0 Å². The van der Waals surface area contributed by atoms with Gasteiger partial charge in [0.05, 0.1) is 27.7 Å². The van der Waals surface area contributed by atoms with E-state index in [1.165, 1.54) is 0 Å². The first-order chi connectivity index (χ1) is 3.06. The van der Waals surface area contributed by atoms with Crippen LogP contribution in [0.5, 0.6) is 0 Å². The number of hydrogen-bond acceptors (Lipinski definition) is 1. The Bertz CT molecular complexity index is 53.4. The Balaban J connectivity index is -0.000000180. The third-order valence-corrected chi connectivity index (χ3v) is 0.771. The third-order valence-electron chi connectivity index (χ3n) is 0.771. The Morgan fingerprint density at radius 1 is 1.22 bits per heavy atom. The molecule has 0 aromatic heterocycles. The van der Waals surface area contributed by atoms with Crippen molar-refractivity contribution < 1.29 is 22.0 Å². The molecule has 0 bridgehead atoms. The van der Waals surface area contributed by atoms with Gasteiger partial charge in [0.15, 0.2) is 0 Å². The van der Waals surface area contributed by atoms with Gasteiger partial charge in [-0.2, -0.15) is 0 Å². The minimum atomic E-state index is 0. The Kier molecular flexibility index (Phi) is 11.9. The molecule has 0 aliphatic carbocycles. The van der Waals surface area contributed by atoms with Crippen LogP contribution in [0.15, 0.2) is 0 Å². The molecule has 1 N–H and O–H groups in total. The fourth-order valence-electron chi connectivity index (χ4n) is 0.300. The largest absolute Gasteiger partial charge is 1.00 e. The van der Waals surface area contributed by atoms with Crippen molar-refractivity contribution >= 4 is 12.4 Å². The van der Waals surface area contributed by atoms with E-state index in [1.54, 1.807) is 0 Å². The van der Waals surface area contributed by atoms with Crippen LogP contribution in [0.4, 0.5) is 0 Å². The lowest BCUT2D eigenvalue weighted by Gasteiger charge is -2.21. The van der Waals surface area contributed by atoms with E-state index in [0.717, 1.165) is 11.0 Å². The lowest BCUT2D eigenvalue weighted by Crippen LogP contribution is -3.00. The molecule has 0 aromatic rings. The predicted molar refractivity (Wildman–Crippen MR) is 37.2 cm³/mol. The number of halogens is 2. The first-order valence-corrected chi connectivity index (χ1v) is 2.47. The van der Waals surface area contributed by atoms with Crippen molar-refractivity contribution in [3.63, 3.8) is 0 Å². The SMILES string of the molecule is C[N+](C)(C)CCO.Cl.[Cl-]. The first-order valence-electron chi connectivity index (χ1n) is 2.47. The van der Waals surface area contributed by atoms with Gasteiger partial charge in [-0.05, 0) is 0 Å². The summed E-state index contributed by atoms with van der Waals surface area (Å²) < 4.78 is 0.844. The van der Waals surface area contributed by atoms with E-state index in [-0.39, 0.29) is 31.4 Å². The molecule has 0 amide bonds. The molecular weight excluding hydrogens is 161 g/mol. The fourth-order valence-corrected chi connectivity index (χ4v) is 0.300. The molecule has 0 atom stereocenters. The van der Waals surface area contributed by atoms with Gasteiger partial charge in [0.2, 0.25) is 0 Å². The van der Waals surface area contributed by atoms with E-state index in [9.17, 15) is 0 Å². The van der Waals surface area contributed by atoms with Crippen molar-refractivity contribution in [2.45, 2.75) is 0 Å². The van der Waals surface area contributed by atoms with Crippen LogP contribution in [-0.4, -0.2) is 43.9 Å². The van der Waals surface area contributed by atoms with Gasteiger partial charge in [0.1, 0.15) is 6.54 Å². The maximum Gasteiger partial charge on any atom is 0.101 e. The quantitative estimate of drug-likeness (QED) is 0.448. The summed E-state index contributed by atoms with van der Waals surface area (Å²) in [6.07, 6.45) is 0. The van der Waals surface area contributed by atoms with E-state index >= 15 is 0 Å². The van der Waals surface area contributed by atoms with Crippen molar-refractivity contribution in [2.75, 3.05) is 34.3 Å². The summed E-state index contributed by atoms with van der Waals surface area (Å²) in [6, 6.07) is 0. The Morgan fingerprint density at radius 2 is 1.56 bits per heavy atom. The number of quaternary nitrogens is 1. The van der Waals surface area contributed by atoms with Crippen LogP contribution in [0.3, 0.4) is 0 Å². The highest BCUT2D eigenvalue weighted by Crippen LogP contribution is 1.84. The monoisotopic (exact) mass is 175 g/mol. The minimum absolute atomic E-state index is 0. The zero-order valence-electron chi connectivity index (χ0n) is 6.09. The molecule has 0 saturated heterocycles. The summed E-state index contributed by atoms with van der Waals surface area (Å²) in [6.45, 7) is 1.11. The molecule has 2 nitrogen and oxygen atoms in total. The molecule has 0 rings (SSSR count). The van der Waals surface area contributed by atoms with Gasteiger partial charge in [0, 0.05) is 0 Å². The molecule has 0 heterocycles. The number of hydrogen-bond donors (Lipinski definition) is 1. The highest BCUT2D eigenvalue weighted by Gasteiger charge is 2.02. The van der Waals surface area contributed by atoms with Crippen molar-refractivity contribution in [3.05, 3.63) is 0 Å². The molecule has 9 heavy (non-hydrogen) atoms. The van der Waals surface area contributed by atoms with Crippen LogP contribution in [-0.2, 0) is 0 Å². The van der Waals surface area contributed by atoms with E-state index in [1.807, 2.05) is 0 Å². The topological polar surface area (TPSA) is 20.2 Å². The average molecular weight is 176 g/mol. The van der Waals surface area contributed by atoms with Gasteiger partial charge in [-0.15, -0.1) is 12.4 Å². The van der Waals surface area contributed by atoms with E-state index < -0.39 is 0 Å². The molecule has 0 unspecified atom stereocenters. The highest BCUT2D eigenvalue weighted by molar-refractivity contribution is 5.85. The zero-order chi connectivity index (χ0) is 5.91. The molecule has 60 valence electrons. The normalized spacial score (nSPS) is 9.33. The molecule has 0 saturated carbocycles.